The summed E-state index contributed by atoms with van der Waals surface area (Å²) in [5, 5.41) is 7.62. The van der Waals surface area contributed by atoms with E-state index in [9.17, 15) is 4.79 Å². The van der Waals surface area contributed by atoms with Gasteiger partial charge >= 0.3 is 0 Å². The molecule has 3 rings (SSSR count). The molecule has 134 valence electrons. The highest BCUT2D eigenvalue weighted by atomic mass is 16.2. The van der Waals surface area contributed by atoms with Crippen molar-refractivity contribution in [2.75, 3.05) is 5.32 Å². The number of hydrogen-bond donors (Lipinski definition) is 2. The minimum Gasteiger partial charge on any atom is -0.320 e. The summed E-state index contributed by atoms with van der Waals surface area (Å²) in [7, 11) is 0. The number of nitrogens with two attached hydrogens (primary N) is 1. The highest BCUT2D eigenvalue weighted by Gasteiger charge is 2.21. The molecule has 0 bridgehead atoms. The van der Waals surface area contributed by atoms with Gasteiger partial charge in [0.05, 0.1) is 11.7 Å². The van der Waals surface area contributed by atoms with E-state index in [0.717, 1.165) is 16.8 Å². The molecule has 3 aromatic rings. The number of nitrogens with one attached hydrogen (secondary N) is 1. The molecule has 0 aliphatic heterocycles. The Morgan fingerprint density at radius 2 is 1.85 bits per heavy atom. The third-order valence-electron chi connectivity index (χ3n) is 4.20. The number of benzene rings is 1. The lowest BCUT2D eigenvalue weighted by Gasteiger charge is -2.13. The molecular weight excluding hydrogens is 328 g/mol. The Morgan fingerprint density at radius 3 is 2.46 bits per heavy atom. The van der Waals surface area contributed by atoms with E-state index in [2.05, 4.69) is 15.3 Å². The molecule has 0 aliphatic rings. The van der Waals surface area contributed by atoms with Gasteiger partial charge in [0.2, 0.25) is 5.91 Å². The summed E-state index contributed by atoms with van der Waals surface area (Å²) in [5.41, 5.74) is 9.06. The van der Waals surface area contributed by atoms with Crippen LogP contribution in [0, 0.1) is 13.8 Å². The van der Waals surface area contributed by atoms with Crippen molar-refractivity contribution in [3.05, 3.63) is 54.1 Å². The zero-order valence-corrected chi connectivity index (χ0v) is 15.1. The van der Waals surface area contributed by atoms with Crippen LogP contribution in [0.3, 0.4) is 0 Å². The van der Waals surface area contributed by atoms with Gasteiger partial charge in [-0.25, -0.2) is 14.6 Å². The van der Waals surface area contributed by atoms with E-state index in [0.29, 0.717) is 23.8 Å². The highest BCUT2D eigenvalue weighted by molar-refractivity contribution is 5.95. The lowest BCUT2D eigenvalue weighted by atomic mass is 10.1. The maximum Gasteiger partial charge on any atom is 0.242 e. The summed E-state index contributed by atoms with van der Waals surface area (Å²) in [6.45, 7) is 5.62. The van der Waals surface area contributed by atoms with Crippen molar-refractivity contribution in [1.29, 1.82) is 0 Å². The summed E-state index contributed by atoms with van der Waals surface area (Å²) >= 11 is 0. The van der Waals surface area contributed by atoms with E-state index >= 15 is 0 Å². The lowest BCUT2D eigenvalue weighted by molar-refractivity contribution is -0.117. The smallest absolute Gasteiger partial charge is 0.242 e. The zero-order valence-electron chi connectivity index (χ0n) is 15.1. The van der Waals surface area contributed by atoms with Crippen LogP contribution in [-0.2, 0) is 4.79 Å². The van der Waals surface area contributed by atoms with Crippen molar-refractivity contribution in [3.8, 4) is 16.9 Å². The van der Waals surface area contributed by atoms with Gasteiger partial charge in [0.15, 0.2) is 0 Å². The molecule has 2 heterocycles. The number of hydrogen-bond acceptors (Lipinski definition) is 5. The van der Waals surface area contributed by atoms with Crippen molar-refractivity contribution in [1.82, 2.24) is 19.7 Å². The average Bonchev–Trinajstić information content (AvgIpc) is 2.99. The number of rotatable bonds is 5. The summed E-state index contributed by atoms with van der Waals surface area (Å²) in [6.07, 6.45) is 4.02. The van der Waals surface area contributed by atoms with Gasteiger partial charge < -0.3 is 11.1 Å². The third kappa shape index (κ3) is 3.48. The van der Waals surface area contributed by atoms with E-state index in [1.165, 1.54) is 0 Å². The topological polar surface area (TPSA) is 98.7 Å². The molecule has 0 spiro atoms. The van der Waals surface area contributed by atoms with E-state index < -0.39 is 6.04 Å². The van der Waals surface area contributed by atoms with E-state index in [1.807, 2.05) is 51.1 Å². The molecule has 1 unspecified atom stereocenters. The minimum atomic E-state index is -0.570. The number of amides is 1. The van der Waals surface area contributed by atoms with Gasteiger partial charge in [0, 0.05) is 23.5 Å². The Balaban J connectivity index is 2.11. The van der Waals surface area contributed by atoms with Crippen LogP contribution in [0.5, 0.6) is 0 Å². The van der Waals surface area contributed by atoms with Crippen molar-refractivity contribution in [2.24, 2.45) is 5.73 Å². The van der Waals surface area contributed by atoms with E-state index in [1.54, 1.807) is 17.1 Å². The fourth-order valence-electron chi connectivity index (χ4n) is 2.58. The van der Waals surface area contributed by atoms with Crippen LogP contribution >= 0.6 is 0 Å². The minimum absolute atomic E-state index is 0.237. The van der Waals surface area contributed by atoms with Gasteiger partial charge in [-0.15, -0.1) is 0 Å². The van der Waals surface area contributed by atoms with Crippen molar-refractivity contribution in [2.45, 2.75) is 33.2 Å². The number of aromatic nitrogens is 4. The van der Waals surface area contributed by atoms with Crippen LogP contribution in [0.25, 0.3) is 16.9 Å². The summed E-state index contributed by atoms with van der Waals surface area (Å²) < 4.78 is 1.71. The largest absolute Gasteiger partial charge is 0.320 e. The summed E-state index contributed by atoms with van der Waals surface area (Å²) in [5.74, 6) is 1.05. The average molecular weight is 350 g/mol. The molecule has 3 N–H and O–H groups in total. The highest BCUT2D eigenvalue weighted by Crippen LogP contribution is 2.29. The first-order valence-electron chi connectivity index (χ1n) is 8.51. The van der Waals surface area contributed by atoms with Crippen LogP contribution in [0.1, 0.15) is 24.7 Å². The quantitative estimate of drug-likeness (QED) is 0.737. The predicted octanol–water partition coefficient (Wildman–Crippen LogP) is 2.62. The molecule has 0 saturated heterocycles. The number of para-hydroxylation sites is 1. The summed E-state index contributed by atoms with van der Waals surface area (Å²) in [6, 6.07) is 9.06. The van der Waals surface area contributed by atoms with Gasteiger partial charge in [-0.1, -0.05) is 25.1 Å². The molecule has 26 heavy (non-hydrogen) atoms. The van der Waals surface area contributed by atoms with Gasteiger partial charge in [-0.3, -0.25) is 4.79 Å². The first-order valence-corrected chi connectivity index (χ1v) is 8.51. The van der Waals surface area contributed by atoms with Crippen LogP contribution in [0.15, 0.2) is 42.7 Å². The van der Waals surface area contributed by atoms with Crippen LogP contribution in [0.4, 0.5) is 5.82 Å². The number of nitrogens with zero attached hydrogens (tertiary/aromatic N) is 4. The molecule has 2 aromatic heterocycles. The molecular formula is C19H22N6O. The number of aryl methyl sites for hydroxylation is 1. The van der Waals surface area contributed by atoms with Gasteiger partial charge in [0.1, 0.15) is 17.3 Å². The van der Waals surface area contributed by atoms with E-state index in [-0.39, 0.29) is 5.91 Å². The predicted molar refractivity (Wildman–Crippen MR) is 101 cm³/mol. The van der Waals surface area contributed by atoms with Crippen molar-refractivity contribution in [3.63, 3.8) is 0 Å². The Labute approximate surface area is 152 Å². The standard InChI is InChI=1S/C19H22N6O/c1-4-16(20)19(26)23-18-12(2)17(14-10-21-13(3)22-11-14)24-25(18)15-8-6-5-7-9-15/h5-11,16H,4,20H2,1-3H3,(H,23,26). The first-order chi connectivity index (χ1) is 12.5. The molecule has 1 atom stereocenters. The second kappa shape index (κ2) is 7.45. The second-order valence-electron chi connectivity index (χ2n) is 6.09. The van der Waals surface area contributed by atoms with Crippen LogP contribution in [-0.4, -0.2) is 31.7 Å². The first kappa shape index (κ1) is 17.8. The SMILES string of the molecule is CCC(N)C(=O)Nc1c(C)c(-c2cnc(C)nc2)nn1-c1ccccc1. The fourth-order valence-corrected chi connectivity index (χ4v) is 2.58. The Morgan fingerprint density at radius 1 is 1.19 bits per heavy atom. The lowest BCUT2D eigenvalue weighted by Crippen LogP contribution is -2.35. The molecule has 0 radical (unpaired) electrons. The van der Waals surface area contributed by atoms with Crippen LogP contribution in [0.2, 0.25) is 0 Å². The molecule has 7 heteroatoms. The number of carbonyl (C=O) groups excluding carboxylic acids is 1. The molecule has 7 nitrogen and oxygen atoms in total. The van der Waals surface area contributed by atoms with Crippen LogP contribution < -0.4 is 11.1 Å². The molecule has 1 aromatic carbocycles. The zero-order chi connectivity index (χ0) is 18.7. The Hall–Kier alpha value is -3.06. The second-order valence-corrected chi connectivity index (χ2v) is 6.09. The van der Waals surface area contributed by atoms with Gasteiger partial charge in [-0.2, -0.15) is 5.10 Å². The van der Waals surface area contributed by atoms with Crippen molar-refractivity contribution >= 4 is 11.7 Å². The van der Waals surface area contributed by atoms with Crippen molar-refractivity contribution < 1.29 is 4.79 Å². The molecule has 0 saturated carbocycles. The normalized spacial score (nSPS) is 12.0. The van der Waals surface area contributed by atoms with Gasteiger partial charge in [0.25, 0.3) is 0 Å². The molecule has 0 fully saturated rings. The van der Waals surface area contributed by atoms with E-state index in [4.69, 9.17) is 10.8 Å². The number of carbonyl (C=O) groups is 1. The Kier molecular flexibility index (Phi) is 5.09. The third-order valence-corrected chi connectivity index (χ3v) is 4.20. The maximum absolute atomic E-state index is 12.4. The fraction of sp³-hybridized carbons (Fsp3) is 0.263. The molecule has 1 amide bonds. The number of anilines is 1. The molecule has 0 aliphatic carbocycles. The maximum atomic E-state index is 12.4. The Bertz CT molecular complexity index is 902. The summed E-state index contributed by atoms with van der Waals surface area (Å²) in [4.78, 5) is 20.9. The monoisotopic (exact) mass is 350 g/mol. The van der Waals surface area contributed by atoms with Gasteiger partial charge in [-0.05, 0) is 32.4 Å².